The van der Waals surface area contributed by atoms with Crippen molar-refractivity contribution in [1.82, 2.24) is 0 Å². The molecule has 0 saturated carbocycles. The average molecular weight is 178 g/mol. The van der Waals surface area contributed by atoms with Crippen LogP contribution in [0.3, 0.4) is 0 Å². The van der Waals surface area contributed by atoms with Gasteiger partial charge in [-0.15, -0.1) is 0 Å². The molecule has 0 bridgehead atoms. The third-order valence-corrected chi connectivity index (χ3v) is 1.56. The van der Waals surface area contributed by atoms with Gasteiger partial charge in [-0.25, -0.2) is 4.39 Å². The number of halogens is 1. The standard InChI is InChI=1S/C11H11FO/c1-8(2)7-11(13)9-5-3-4-6-10(9)12/h3-7H,1-2H3. The molecule has 0 aliphatic carbocycles. The van der Waals surface area contributed by atoms with E-state index in [4.69, 9.17) is 0 Å². The highest BCUT2D eigenvalue weighted by atomic mass is 19.1. The van der Waals surface area contributed by atoms with Crippen LogP contribution in [0.2, 0.25) is 0 Å². The molecular formula is C11H11FO. The minimum atomic E-state index is -0.468. The molecule has 2 heteroatoms. The maximum atomic E-state index is 13.0. The SMILES string of the molecule is CC(C)=CC(=O)c1ccccc1F. The van der Waals surface area contributed by atoms with Crippen LogP contribution in [0.1, 0.15) is 24.2 Å². The van der Waals surface area contributed by atoms with Gasteiger partial charge in [0.2, 0.25) is 0 Å². The lowest BCUT2D eigenvalue weighted by Crippen LogP contribution is -1.98. The van der Waals surface area contributed by atoms with Gasteiger partial charge in [0.15, 0.2) is 5.78 Å². The summed E-state index contributed by atoms with van der Waals surface area (Å²) >= 11 is 0. The number of rotatable bonds is 2. The first-order chi connectivity index (χ1) is 6.11. The molecule has 0 aliphatic rings. The van der Waals surface area contributed by atoms with Gasteiger partial charge in [-0.1, -0.05) is 17.7 Å². The van der Waals surface area contributed by atoms with Crippen LogP contribution in [-0.2, 0) is 0 Å². The molecule has 0 N–H and O–H groups in total. The zero-order valence-electron chi connectivity index (χ0n) is 7.67. The fourth-order valence-electron chi connectivity index (χ4n) is 1.00. The van der Waals surface area contributed by atoms with Crippen LogP contribution >= 0.6 is 0 Å². The van der Waals surface area contributed by atoms with E-state index in [2.05, 4.69) is 0 Å². The van der Waals surface area contributed by atoms with Crippen molar-refractivity contribution in [3.63, 3.8) is 0 Å². The normalized spacial score (nSPS) is 9.46. The van der Waals surface area contributed by atoms with Crippen LogP contribution in [0.5, 0.6) is 0 Å². The van der Waals surface area contributed by atoms with Crippen LogP contribution in [0, 0.1) is 5.82 Å². The average Bonchev–Trinajstić information content (AvgIpc) is 2.03. The Bertz CT molecular complexity index is 349. The Morgan fingerprint density at radius 2 is 1.92 bits per heavy atom. The number of hydrogen-bond acceptors (Lipinski definition) is 1. The van der Waals surface area contributed by atoms with Gasteiger partial charge < -0.3 is 0 Å². The number of allylic oxidation sites excluding steroid dienone is 2. The van der Waals surface area contributed by atoms with Gasteiger partial charge >= 0.3 is 0 Å². The first kappa shape index (κ1) is 9.65. The summed E-state index contributed by atoms with van der Waals surface area (Å²) in [4.78, 5) is 11.4. The number of ketones is 1. The summed E-state index contributed by atoms with van der Waals surface area (Å²) in [6.45, 7) is 3.61. The Morgan fingerprint density at radius 1 is 1.31 bits per heavy atom. The zero-order chi connectivity index (χ0) is 9.84. The van der Waals surface area contributed by atoms with E-state index in [0.717, 1.165) is 5.57 Å². The fraction of sp³-hybridized carbons (Fsp3) is 0.182. The Labute approximate surface area is 76.9 Å². The van der Waals surface area contributed by atoms with Gasteiger partial charge in [0.05, 0.1) is 5.56 Å². The molecule has 1 nitrogen and oxygen atoms in total. The second kappa shape index (κ2) is 3.99. The third kappa shape index (κ3) is 2.51. The van der Waals surface area contributed by atoms with Crippen LogP contribution in [-0.4, -0.2) is 5.78 Å². The topological polar surface area (TPSA) is 17.1 Å². The fourth-order valence-corrected chi connectivity index (χ4v) is 1.00. The van der Waals surface area contributed by atoms with Crippen LogP contribution in [0.4, 0.5) is 4.39 Å². The van der Waals surface area contributed by atoms with E-state index < -0.39 is 5.82 Å². The van der Waals surface area contributed by atoms with E-state index in [0.29, 0.717) is 0 Å². The smallest absolute Gasteiger partial charge is 0.188 e. The molecule has 1 aromatic carbocycles. The molecule has 0 atom stereocenters. The van der Waals surface area contributed by atoms with Crippen molar-refractivity contribution in [2.24, 2.45) is 0 Å². The largest absolute Gasteiger partial charge is 0.289 e. The minimum Gasteiger partial charge on any atom is -0.289 e. The van der Waals surface area contributed by atoms with Crippen molar-refractivity contribution in [2.75, 3.05) is 0 Å². The molecule has 0 spiro atoms. The molecule has 0 unspecified atom stereocenters. The summed E-state index contributed by atoms with van der Waals surface area (Å²) in [5.74, 6) is -0.747. The molecule has 0 heterocycles. The van der Waals surface area contributed by atoms with Crippen molar-refractivity contribution < 1.29 is 9.18 Å². The molecule has 0 aromatic heterocycles. The van der Waals surface area contributed by atoms with E-state index >= 15 is 0 Å². The summed E-state index contributed by atoms with van der Waals surface area (Å²) in [6, 6.07) is 5.98. The second-order valence-corrected chi connectivity index (χ2v) is 3.07. The van der Waals surface area contributed by atoms with E-state index in [9.17, 15) is 9.18 Å². The summed E-state index contributed by atoms with van der Waals surface area (Å²) in [5, 5.41) is 0. The van der Waals surface area contributed by atoms with Gasteiger partial charge in [0.1, 0.15) is 5.82 Å². The van der Waals surface area contributed by atoms with Crippen molar-refractivity contribution in [2.45, 2.75) is 13.8 Å². The van der Waals surface area contributed by atoms with Gasteiger partial charge in [-0.3, -0.25) is 4.79 Å². The van der Waals surface area contributed by atoms with Gasteiger partial charge in [-0.05, 0) is 32.1 Å². The molecule has 1 rings (SSSR count). The lowest BCUT2D eigenvalue weighted by molar-refractivity contribution is 0.104. The molecule has 68 valence electrons. The predicted molar refractivity (Wildman–Crippen MR) is 50.2 cm³/mol. The van der Waals surface area contributed by atoms with Gasteiger partial charge in [-0.2, -0.15) is 0 Å². The molecule has 1 aromatic rings. The Kier molecular flexibility index (Phi) is 2.96. The van der Waals surface area contributed by atoms with E-state index in [1.54, 1.807) is 26.0 Å². The molecule has 0 aliphatic heterocycles. The molecular weight excluding hydrogens is 167 g/mol. The first-order valence-corrected chi connectivity index (χ1v) is 4.05. The second-order valence-electron chi connectivity index (χ2n) is 3.07. The Morgan fingerprint density at radius 3 is 2.46 bits per heavy atom. The third-order valence-electron chi connectivity index (χ3n) is 1.56. The minimum absolute atomic E-state index is 0.128. The molecule has 0 amide bonds. The van der Waals surface area contributed by atoms with Gasteiger partial charge in [0, 0.05) is 0 Å². The summed E-state index contributed by atoms with van der Waals surface area (Å²) < 4.78 is 13.0. The van der Waals surface area contributed by atoms with E-state index in [1.807, 2.05) is 0 Å². The quantitative estimate of drug-likeness (QED) is 0.502. The Balaban J connectivity index is 3.03. The lowest BCUT2D eigenvalue weighted by atomic mass is 10.1. The number of hydrogen-bond donors (Lipinski definition) is 0. The summed E-state index contributed by atoms with van der Waals surface area (Å²) in [6.07, 6.45) is 1.43. The summed E-state index contributed by atoms with van der Waals surface area (Å²) in [7, 11) is 0. The van der Waals surface area contributed by atoms with Crippen molar-refractivity contribution in [3.05, 3.63) is 47.3 Å². The van der Waals surface area contributed by atoms with Crippen LogP contribution in [0.15, 0.2) is 35.9 Å². The van der Waals surface area contributed by atoms with Crippen molar-refractivity contribution in [1.29, 1.82) is 0 Å². The van der Waals surface area contributed by atoms with E-state index in [-0.39, 0.29) is 11.3 Å². The van der Waals surface area contributed by atoms with Crippen molar-refractivity contribution >= 4 is 5.78 Å². The Hall–Kier alpha value is -1.44. The number of benzene rings is 1. The maximum absolute atomic E-state index is 13.0. The molecule has 0 fully saturated rings. The van der Waals surface area contributed by atoms with Crippen LogP contribution < -0.4 is 0 Å². The zero-order valence-corrected chi connectivity index (χ0v) is 7.67. The highest BCUT2D eigenvalue weighted by Gasteiger charge is 2.06. The van der Waals surface area contributed by atoms with Crippen LogP contribution in [0.25, 0.3) is 0 Å². The van der Waals surface area contributed by atoms with Crippen molar-refractivity contribution in [3.8, 4) is 0 Å². The highest BCUT2D eigenvalue weighted by Crippen LogP contribution is 2.08. The molecule has 0 radical (unpaired) electrons. The molecule has 0 saturated heterocycles. The first-order valence-electron chi connectivity index (χ1n) is 4.05. The predicted octanol–water partition coefficient (Wildman–Crippen LogP) is 2.97. The van der Waals surface area contributed by atoms with E-state index in [1.165, 1.54) is 18.2 Å². The number of carbonyl (C=O) groups excluding carboxylic acids is 1. The molecule has 13 heavy (non-hydrogen) atoms. The monoisotopic (exact) mass is 178 g/mol. The highest BCUT2D eigenvalue weighted by molar-refractivity contribution is 6.04. The maximum Gasteiger partial charge on any atom is 0.188 e. The summed E-state index contributed by atoms with van der Waals surface area (Å²) in [5.41, 5.74) is 0.997. The number of carbonyl (C=O) groups is 1. The lowest BCUT2D eigenvalue weighted by Gasteiger charge is -1.97. The van der Waals surface area contributed by atoms with Gasteiger partial charge in [0.25, 0.3) is 0 Å².